The van der Waals surface area contributed by atoms with Gasteiger partial charge in [-0.05, 0) is 31.4 Å². The average Bonchev–Trinajstić information content (AvgIpc) is 2.96. The lowest BCUT2D eigenvalue weighted by molar-refractivity contribution is -0.148. The Kier molecular flexibility index (Phi) is 4.04. The Balaban J connectivity index is 2.05. The Morgan fingerprint density at radius 2 is 2.33 bits per heavy atom. The Morgan fingerprint density at radius 3 is 2.89 bits per heavy atom. The van der Waals surface area contributed by atoms with Crippen LogP contribution in [0.5, 0.6) is 0 Å². The predicted octanol–water partition coefficient (Wildman–Crippen LogP) is 1.53. The van der Waals surface area contributed by atoms with E-state index in [1.54, 1.807) is 0 Å². The van der Waals surface area contributed by atoms with Gasteiger partial charge in [0.1, 0.15) is 5.54 Å². The Hall–Kier alpha value is -0.910. The van der Waals surface area contributed by atoms with E-state index in [2.05, 4.69) is 5.32 Å². The van der Waals surface area contributed by atoms with Gasteiger partial charge in [0.05, 0.1) is 0 Å². The minimum absolute atomic E-state index is 0.200. The zero-order chi connectivity index (χ0) is 13.2. The second-order valence-electron chi connectivity index (χ2n) is 4.96. The van der Waals surface area contributed by atoms with Crippen LogP contribution in [-0.4, -0.2) is 51.6 Å². The number of nitrogens with zero attached hydrogens (tertiary/aromatic N) is 1. The first kappa shape index (κ1) is 13.5. The van der Waals surface area contributed by atoms with Crippen LogP contribution in [0.2, 0.25) is 0 Å². The van der Waals surface area contributed by atoms with Gasteiger partial charge in [-0.2, -0.15) is 11.8 Å². The van der Waals surface area contributed by atoms with Crippen LogP contribution >= 0.6 is 11.8 Å². The van der Waals surface area contributed by atoms with Crippen LogP contribution in [-0.2, 0) is 4.79 Å². The number of amides is 2. The molecule has 0 aromatic rings. The fourth-order valence-electron chi connectivity index (χ4n) is 2.82. The van der Waals surface area contributed by atoms with Gasteiger partial charge in [-0.25, -0.2) is 9.59 Å². The predicted molar refractivity (Wildman–Crippen MR) is 70.9 cm³/mol. The molecule has 0 aliphatic carbocycles. The molecule has 0 radical (unpaired) electrons. The Labute approximate surface area is 111 Å². The molecule has 2 heterocycles. The number of urea groups is 1. The third kappa shape index (κ3) is 2.30. The van der Waals surface area contributed by atoms with Gasteiger partial charge in [0, 0.05) is 18.3 Å². The maximum atomic E-state index is 12.2. The number of nitrogens with one attached hydrogen (secondary N) is 1. The SMILES string of the molecule is CCC1(C(=O)O)CCCN1C(=O)NC1CCSC1. The van der Waals surface area contributed by atoms with Crippen molar-refractivity contribution in [2.45, 2.75) is 44.2 Å². The largest absolute Gasteiger partial charge is 0.479 e. The number of aliphatic carboxylic acids is 1. The molecule has 102 valence electrons. The van der Waals surface area contributed by atoms with Crippen molar-refractivity contribution >= 4 is 23.8 Å². The molecule has 2 rings (SSSR count). The number of carboxylic acid groups (broad SMARTS) is 1. The minimum Gasteiger partial charge on any atom is -0.479 e. The van der Waals surface area contributed by atoms with E-state index in [-0.39, 0.29) is 12.1 Å². The summed E-state index contributed by atoms with van der Waals surface area (Å²) in [6.07, 6.45) is 2.78. The third-order valence-corrected chi connectivity index (χ3v) is 5.14. The van der Waals surface area contributed by atoms with Gasteiger partial charge >= 0.3 is 12.0 Å². The van der Waals surface area contributed by atoms with Gasteiger partial charge in [-0.15, -0.1) is 0 Å². The summed E-state index contributed by atoms with van der Waals surface area (Å²) in [5, 5.41) is 12.4. The van der Waals surface area contributed by atoms with Crippen molar-refractivity contribution in [1.29, 1.82) is 0 Å². The molecule has 0 saturated carbocycles. The molecule has 0 aromatic heterocycles. The van der Waals surface area contributed by atoms with Crippen molar-refractivity contribution in [3.05, 3.63) is 0 Å². The van der Waals surface area contributed by atoms with E-state index in [0.29, 0.717) is 19.4 Å². The molecule has 2 aliphatic rings. The topological polar surface area (TPSA) is 69.6 Å². The van der Waals surface area contributed by atoms with E-state index in [9.17, 15) is 14.7 Å². The molecule has 0 spiro atoms. The van der Waals surface area contributed by atoms with Gasteiger partial charge in [-0.1, -0.05) is 6.92 Å². The lowest BCUT2D eigenvalue weighted by Crippen LogP contribution is -2.57. The second kappa shape index (κ2) is 5.38. The van der Waals surface area contributed by atoms with Crippen molar-refractivity contribution in [2.75, 3.05) is 18.1 Å². The summed E-state index contributed by atoms with van der Waals surface area (Å²) in [5.74, 6) is 1.13. The van der Waals surface area contributed by atoms with E-state index in [4.69, 9.17) is 0 Å². The van der Waals surface area contributed by atoms with Crippen LogP contribution in [0.15, 0.2) is 0 Å². The van der Waals surface area contributed by atoms with Crippen LogP contribution in [0.25, 0.3) is 0 Å². The van der Waals surface area contributed by atoms with E-state index in [1.165, 1.54) is 4.90 Å². The van der Waals surface area contributed by atoms with E-state index < -0.39 is 11.5 Å². The summed E-state index contributed by atoms with van der Waals surface area (Å²) < 4.78 is 0. The molecule has 2 unspecified atom stereocenters. The molecule has 0 aromatic carbocycles. The van der Waals surface area contributed by atoms with Crippen molar-refractivity contribution in [3.8, 4) is 0 Å². The molecule has 5 nitrogen and oxygen atoms in total. The van der Waals surface area contributed by atoms with Crippen molar-refractivity contribution in [3.63, 3.8) is 0 Å². The first-order chi connectivity index (χ1) is 8.60. The number of carboxylic acids is 1. The Bertz CT molecular complexity index is 344. The standard InChI is InChI=1S/C12H20N2O3S/c1-2-12(10(15)16)5-3-6-14(12)11(17)13-9-4-7-18-8-9/h9H,2-8H2,1H3,(H,13,17)(H,15,16). The zero-order valence-corrected chi connectivity index (χ0v) is 11.5. The van der Waals surface area contributed by atoms with Crippen LogP contribution in [0.3, 0.4) is 0 Å². The number of thioether (sulfide) groups is 1. The normalized spacial score (nSPS) is 31.6. The van der Waals surface area contributed by atoms with Crippen molar-refractivity contribution < 1.29 is 14.7 Å². The highest BCUT2D eigenvalue weighted by atomic mass is 32.2. The second-order valence-corrected chi connectivity index (χ2v) is 6.11. The highest BCUT2D eigenvalue weighted by Gasteiger charge is 2.48. The number of carbonyl (C=O) groups excluding carboxylic acids is 1. The third-order valence-electron chi connectivity index (χ3n) is 3.97. The molecule has 2 N–H and O–H groups in total. The van der Waals surface area contributed by atoms with Crippen molar-refractivity contribution in [1.82, 2.24) is 10.2 Å². The van der Waals surface area contributed by atoms with Crippen LogP contribution in [0, 0.1) is 0 Å². The smallest absolute Gasteiger partial charge is 0.329 e. The summed E-state index contributed by atoms with van der Waals surface area (Å²) in [6.45, 7) is 2.39. The molecule has 2 saturated heterocycles. The lowest BCUT2D eigenvalue weighted by Gasteiger charge is -2.34. The molecule has 2 fully saturated rings. The maximum absolute atomic E-state index is 12.2. The van der Waals surface area contributed by atoms with Gasteiger partial charge < -0.3 is 15.3 Å². The van der Waals surface area contributed by atoms with Gasteiger partial charge in [-0.3, -0.25) is 0 Å². The summed E-state index contributed by atoms with van der Waals surface area (Å²) >= 11 is 1.83. The fraction of sp³-hybridized carbons (Fsp3) is 0.833. The van der Waals surface area contributed by atoms with Gasteiger partial charge in [0.25, 0.3) is 0 Å². The number of hydrogen-bond acceptors (Lipinski definition) is 3. The summed E-state index contributed by atoms with van der Waals surface area (Å²) in [7, 11) is 0. The number of likely N-dealkylation sites (tertiary alicyclic amines) is 1. The number of rotatable bonds is 3. The quantitative estimate of drug-likeness (QED) is 0.817. The van der Waals surface area contributed by atoms with Crippen LogP contribution in [0.4, 0.5) is 4.79 Å². The molecule has 2 atom stereocenters. The monoisotopic (exact) mass is 272 g/mol. The molecule has 2 amide bonds. The first-order valence-electron chi connectivity index (χ1n) is 6.49. The van der Waals surface area contributed by atoms with Crippen LogP contribution in [0.1, 0.15) is 32.6 Å². The van der Waals surface area contributed by atoms with E-state index in [0.717, 1.165) is 24.3 Å². The molecule has 0 bridgehead atoms. The zero-order valence-electron chi connectivity index (χ0n) is 10.6. The maximum Gasteiger partial charge on any atom is 0.329 e. The average molecular weight is 272 g/mol. The molecule has 6 heteroatoms. The summed E-state index contributed by atoms with van der Waals surface area (Å²) in [6, 6.07) is -0.00398. The molecular formula is C12H20N2O3S. The highest BCUT2D eigenvalue weighted by molar-refractivity contribution is 7.99. The van der Waals surface area contributed by atoms with Gasteiger partial charge in [0.2, 0.25) is 0 Å². The number of hydrogen-bond donors (Lipinski definition) is 2. The fourth-order valence-corrected chi connectivity index (χ4v) is 3.97. The van der Waals surface area contributed by atoms with Gasteiger partial charge in [0.15, 0.2) is 0 Å². The molecular weight excluding hydrogens is 252 g/mol. The Morgan fingerprint density at radius 1 is 1.56 bits per heavy atom. The lowest BCUT2D eigenvalue weighted by atomic mass is 9.93. The molecule has 18 heavy (non-hydrogen) atoms. The summed E-state index contributed by atoms with van der Waals surface area (Å²) in [5.41, 5.74) is -0.990. The number of carbonyl (C=O) groups is 2. The summed E-state index contributed by atoms with van der Waals surface area (Å²) in [4.78, 5) is 25.2. The first-order valence-corrected chi connectivity index (χ1v) is 7.65. The van der Waals surface area contributed by atoms with E-state index >= 15 is 0 Å². The van der Waals surface area contributed by atoms with Crippen molar-refractivity contribution in [2.24, 2.45) is 0 Å². The molecule has 2 aliphatic heterocycles. The highest BCUT2D eigenvalue weighted by Crippen LogP contribution is 2.33. The van der Waals surface area contributed by atoms with E-state index in [1.807, 2.05) is 18.7 Å². The van der Waals surface area contributed by atoms with Crippen LogP contribution < -0.4 is 5.32 Å². The minimum atomic E-state index is -0.990.